The fourth-order valence-corrected chi connectivity index (χ4v) is 4.73. The summed E-state index contributed by atoms with van der Waals surface area (Å²) in [6, 6.07) is 11.2. The van der Waals surface area contributed by atoms with Crippen LogP contribution in [0.1, 0.15) is 0 Å². The van der Waals surface area contributed by atoms with Crippen molar-refractivity contribution in [3.05, 3.63) is 41.4 Å². The first-order valence-corrected chi connectivity index (χ1v) is 10.1. The minimum absolute atomic E-state index is 0.158. The van der Waals surface area contributed by atoms with E-state index in [0.717, 1.165) is 31.3 Å². The van der Waals surface area contributed by atoms with Crippen molar-refractivity contribution in [2.45, 2.75) is 0 Å². The van der Waals surface area contributed by atoms with Crippen molar-refractivity contribution in [2.24, 2.45) is 0 Å². The minimum atomic E-state index is -0.158. The second-order valence-electron chi connectivity index (χ2n) is 5.84. The van der Waals surface area contributed by atoms with Gasteiger partial charge in [-0.1, -0.05) is 40.3 Å². The van der Waals surface area contributed by atoms with Crippen LogP contribution >= 0.6 is 34.3 Å². The average molecular weight is 419 g/mol. The van der Waals surface area contributed by atoms with Gasteiger partial charge in [-0.05, 0) is 30.3 Å². The van der Waals surface area contributed by atoms with E-state index in [1.165, 1.54) is 22.7 Å². The van der Waals surface area contributed by atoms with Gasteiger partial charge < -0.3 is 15.0 Å². The van der Waals surface area contributed by atoms with Crippen LogP contribution in [0.15, 0.2) is 36.4 Å². The number of hydrogen-bond acceptors (Lipinski definition) is 7. The van der Waals surface area contributed by atoms with E-state index >= 15 is 0 Å². The summed E-state index contributed by atoms with van der Waals surface area (Å²) in [4.78, 5) is 23.2. The summed E-state index contributed by atoms with van der Waals surface area (Å²) in [6.07, 6.45) is 0. The monoisotopic (exact) mass is 418 g/mol. The summed E-state index contributed by atoms with van der Waals surface area (Å²) in [5, 5.41) is 4.79. The Morgan fingerprint density at radius 2 is 2.07 bits per heavy atom. The number of nitrogens with one attached hydrogen (secondary N) is 1. The smallest absolute Gasteiger partial charge is 0.245 e. The number of fused-ring (bicyclic) bond motifs is 2. The third-order valence-electron chi connectivity index (χ3n) is 3.89. The number of carbonyl (C=O) groups excluding carboxylic acids is 1. The predicted octanol–water partition coefficient (Wildman–Crippen LogP) is 4.64. The number of thiazole rings is 2. The minimum Gasteiger partial charge on any atom is -0.494 e. The number of carbonyl (C=O) groups is 1. The van der Waals surface area contributed by atoms with E-state index in [1.807, 2.05) is 42.3 Å². The molecular formula is C18H15ClN4O2S2. The topological polar surface area (TPSA) is 67.3 Å². The molecule has 0 saturated carbocycles. The van der Waals surface area contributed by atoms with Gasteiger partial charge in [0.05, 0.1) is 28.6 Å². The van der Waals surface area contributed by atoms with Gasteiger partial charge in [-0.15, -0.1) is 0 Å². The molecule has 0 spiro atoms. The molecule has 2 aromatic heterocycles. The second kappa shape index (κ2) is 7.30. The summed E-state index contributed by atoms with van der Waals surface area (Å²) < 4.78 is 7.30. The number of anilines is 2. The lowest BCUT2D eigenvalue weighted by atomic mass is 10.3. The molecule has 0 aliphatic carbocycles. The van der Waals surface area contributed by atoms with E-state index in [4.69, 9.17) is 16.3 Å². The Balaban J connectivity index is 1.48. The van der Waals surface area contributed by atoms with Crippen LogP contribution in [0.4, 0.5) is 10.3 Å². The Morgan fingerprint density at radius 3 is 2.89 bits per heavy atom. The zero-order valence-corrected chi connectivity index (χ0v) is 16.9. The molecule has 0 bridgehead atoms. The molecule has 0 aliphatic heterocycles. The molecule has 0 saturated heterocycles. The summed E-state index contributed by atoms with van der Waals surface area (Å²) in [6.45, 7) is 0.165. The number of hydrogen-bond donors (Lipinski definition) is 1. The standard InChI is InChI=1S/C18H15ClN4O2S2/c1-23(18-22-16-12(25-2)4-3-5-13(16)27-18)9-15(24)21-17-20-11-7-6-10(19)8-14(11)26-17/h3-8H,9H2,1-2H3,(H,20,21,24). The number of benzene rings is 2. The van der Waals surface area contributed by atoms with Crippen molar-refractivity contribution in [2.75, 3.05) is 30.9 Å². The molecule has 0 aliphatic rings. The Kier molecular flexibility index (Phi) is 4.86. The number of likely N-dealkylation sites (N-methyl/N-ethyl adjacent to an activating group) is 1. The van der Waals surface area contributed by atoms with Crippen molar-refractivity contribution in [1.82, 2.24) is 9.97 Å². The zero-order chi connectivity index (χ0) is 19.0. The maximum Gasteiger partial charge on any atom is 0.245 e. The molecule has 0 atom stereocenters. The second-order valence-corrected chi connectivity index (χ2v) is 8.31. The third kappa shape index (κ3) is 3.69. The van der Waals surface area contributed by atoms with Gasteiger partial charge in [0.1, 0.15) is 11.3 Å². The van der Waals surface area contributed by atoms with Crippen molar-refractivity contribution in [3.8, 4) is 5.75 Å². The van der Waals surface area contributed by atoms with Gasteiger partial charge in [0.2, 0.25) is 5.91 Å². The van der Waals surface area contributed by atoms with E-state index in [2.05, 4.69) is 15.3 Å². The van der Waals surface area contributed by atoms with Gasteiger partial charge in [0, 0.05) is 12.1 Å². The first-order valence-electron chi connectivity index (χ1n) is 8.04. The molecule has 0 radical (unpaired) electrons. The van der Waals surface area contributed by atoms with E-state index < -0.39 is 0 Å². The Hall–Kier alpha value is -2.42. The number of ether oxygens (including phenoxy) is 1. The van der Waals surface area contributed by atoms with Crippen molar-refractivity contribution >= 4 is 70.9 Å². The molecule has 6 nitrogen and oxygen atoms in total. The van der Waals surface area contributed by atoms with E-state index in [1.54, 1.807) is 13.2 Å². The molecule has 0 unspecified atom stereocenters. The number of nitrogens with zero attached hydrogens (tertiary/aromatic N) is 3. The zero-order valence-electron chi connectivity index (χ0n) is 14.5. The summed E-state index contributed by atoms with van der Waals surface area (Å²) in [5.74, 6) is 0.565. The lowest BCUT2D eigenvalue weighted by molar-refractivity contribution is -0.114. The van der Waals surface area contributed by atoms with Crippen LogP contribution in [0.5, 0.6) is 5.75 Å². The predicted molar refractivity (Wildman–Crippen MR) is 113 cm³/mol. The molecule has 27 heavy (non-hydrogen) atoms. The number of para-hydroxylation sites is 1. The fourth-order valence-electron chi connectivity index (χ4n) is 2.63. The number of amides is 1. The van der Waals surface area contributed by atoms with Crippen LogP contribution in [0.2, 0.25) is 5.02 Å². The first-order chi connectivity index (χ1) is 13.0. The number of rotatable bonds is 5. The lowest BCUT2D eigenvalue weighted by Crippen LogP contribution is -2.29. The van der Waals surface area contributed by atoms with Gasteiger partial charge in [-0.2, -0.15) is 0 Å². The largest absolute Gasteiger partial charge is 0.494 e. The molecule has 138 valence electrons. The average Bonchev–Trinajstić information content (AvgIpc) is 3.24. The number of methoxy groups -OCH3 is 1. The van der Waals surface area contributed by atoms with Gasteiger partial charge >= 0.3 is 0 Å². The highest BCUT2D eigenvalue weighted by Gasteiger charge is 2.15. The number of halogens is 1. The highest BCUT2D eigenvalue weighted by atomic mass is 35.5. The van der Waals surface area contributed by atoms with Crippen LogP contribution in [0.25, 0.3) is 20.4 Å². The maximum absolute atomic E-state index is 12.4. The Labute approximate surface area is 168 Å². The first kappa shape index (κ1) is 18.0. The molecule has 4 rings (SSSR count). The summed E-state index contributed by atoms with van der Waals surface area (Å²) in [7, 11) is 3.46. The molecular weight excluding hydrogens is 404 g/mol. The van der Waals surface area contributed by atoms with Gasteiger partial charge in [-0.25, -0.2) is 9.97 Å². The van der Waals surface area contributed by atoms with E-state index in [0.29, 0.717) is 10.2 Å². The normalized spacial score (nSPS) is 11.1. The lowest BCUT2D eigenvalue weighted by Gasteiger charge is -2.14. The van der Waals surface area contributed by atoms with Crippen LogP contribution in [-0.2, 0) is 4.79 Å². The third-order valence-corrected chi connectivity index (χ3v) is 6.20. The van der Waals surface area contributed by atoms with E-state index in [9.17, 15) is 4.79 Å². The van der Waals surface area contributed by atoms with Gasteiger partial charge in [0.15, 0.2) is 10.3 Å². The molecule has 2 aromatic carbocycles. The summed E-state index contributed by atoms with van der Waals surface area (Å²) >= 11 is 8.91. The van der Waals surface area contributed by atoms with Crippen LogP contribution in [0, 0.1) is 0 Å². The SMILES string of the molecule is COc1cccc2sc(N(C)CC(=O)Nc3nc4ccc(Cl)cc4s3)nc12. The Bertz CT molecular complexity index is 1140. The van der Waals surface area contributed by atoms with Crippen LogP contribution in [0.3, 0.4) is 0 Å². The molecule has 1 N–H and O–H groups in total. The quantitative estimate of drug-likeness (QED) is 0.511. The fraction of sp³-hybridized carbons (Fsp3) is 0.167. The van der Waals surface area contributed by atoms with Gasteiger partial charge in [-0.3, -0.25) is 4.79 Å². The number of aromatic nitrogens is 2. The highest BCUT2D eigenvalue weighted by molar-refractivity contribution is 7.22. The molecule has 2 heterocycles. The molecule has 1 amide bonds. The maximum atomic E-state index is 12.4. The molecule has 4 aromatic rings. The van der Waals surface area contributed by atoms with Crippen molar-refractivity contribution in [3.63, 3.8) is 0 Å². The molecule has 0 fully saturated rings. The van der Waals surface area contributed by atoms with Crippen LogP contribution < -0.4 is 15.0 Å². The van der Waals surface area contributed by atoms with Crippen LogP contribution in [-0.4, -0.2) is 36.6 Å². The van der Waals surface area contributed by atoms with Gasteiger partial charge in [0.25, 0.3) is 0 Å². The summed E-state index contributed by atoms with van der Waals surface area (Å²) in [5.41, 5.74) is 1.61. The Morgan fingerprint density at radius 1 is 1.22 bits per heavy atom. The van der Waals surface area contributed by atoms with E-state index in [-0.39, 0.29) is 12.5 Å². The van der Waals surface area contributed by atoms with Crippen molar-refractivity contribution in [1.29, 1.82) is 0 Å². The highest BCUT2D eigenvalue weighted by Crippen LogP contribution is 2.33. The molecule has 9 heteroatoms. The van der Waals surface area contributed by atoms with Crippen molar-refractivity contribution < 1.29 is 9.53 Å².